The van der Waals surface area contributed by atoms with E-state index in [1.165, 1.54) is 6.07 Å². The molecule has 0 unspecified atom stereocenters. The summed E-state index contributed by atoms with van der Waals surface area (Å²) in [7, 11) is 0. The summed E-state index contributed by atoms with van der Waals surface area (Å²) in [6, 6.07) is 3.40. The van der Waals surface area contributed by atoms with Crippen LogP contribution in [0.2, 0.25) is 0 Å². The molecule has 1 aromatic heterocycles. The molecule has 0 aliphatic rings. The van der Waals surface area contributed by atoms with Crippen LogP contribution in [0.25, 0.3) is 11.4 Å². The van der Waals surface area contributed by atoms with Crippen LogP contribution in [0.4, 0.5) is 13.2 Å². The number of nitrogens with zero attached hydrogens (tertiary/aromatic N) is 3. The normalized spacial score (nSPS) is 11.8. The van der Waals surface area contributed by atoms with E-state index in [0.717, 1.165) is 12.1 Å². The molecule has 4 nitrogen and oxygen atoms in total. The van der Waals surface area contributed by atoms with Gasteiger partial charge in [-0.2, -0.15) is 18.4 Å². The van der Waals surface area contributed by atoms with Gasteiger partial charge in [0, 0.05) is 5.56 Å². The lowest BCUT2D eigenvalue weighted by Gasteiger charge is -2.08. The van der Waals surface area contributed by atoms with Crippen molar-refractivity contribution in [3.05, 3.63) is 29.3 Å². The minimum atomic E-state index is -4.33. The number of aromatic nitrogens is 4. The van der Waals surface area contributed by atoms with Gasteiger partial charge in [-0.05, 0) is 29.8 Å². The van der Waals surface area contributed by atoms with E-state index < -0.39 is 11.7 Å². The maximum absolute atomic E-state index is 12.4. The van der Waals surface area contributed by atoms with Crippen molar-refractivity contribution < 1.29 is 13.2 Å². The number of rotatable bonds is 1. The van der Waals surface area contributed by atoms with Crippen LogP contribution in [0.15, 0.2) is 18.2 Å². The molecule has 0 saturated carbocycles. The van der Waals surface area contributed by atoms with Crippen LogP contribution in [0, 0.1) is 6.92 Å². The number of hydrogen-bond acceptors (Lipinski definition) is 3. The summed E-state index contributed by atoms with van der Waals surface area (Å²) < 4.78 is 37.2. The predicted octanol–water partition coefficient (Wildman–Crippen LogP) is 2.19. The van der Waals surface area contributed by atoms with E-state index in [1.807, 2.05) is 0 Å². The maximum Gasteiger partial charge on any atom is 0.416 e. The highest BCUT2D eigenvalue weighted by molar-refractivity contribution is 5.59. The number of aryl methyl sites for hydroxylation is 1. The molecule has 0 bridgehead atoms. The highest BCUT2D eigenvalue weighted by Crippen LogP contribution is 2.31. The molecular weight excluding hydrogens is 221 g/mol. The summed E-state index contributed by atoms with van der Waals surface area (Å²) in [4.78, 5) is 0. The lowest BCUT2D eigenvalue weighted by Crippen LogP contribution is -2.05. The van der Waals surface area contributed by atoms with Gasteiger partial charge in [0.05, 0.1) is 5.56 Å². The van der Waals surface area contributed by atoms with Gasteiger partial charge in [0.15, 0.2) is 0 Å². The molecule has 84 valence electrons. The first kappa shape index (κ1) is 10.6. The van der Waals surface area contributed by atoms with Gasteiger partial charge in [-0.1, -0.05) is 6.07 Å². The van der Waals surface area contributed by atoms with Crippen molar-refractivity contribution in [2.75, 3.05) is 0 Å². The molecule has 0 fully saturated rings. The third-order valence-electron chi connectivity index (χ3n) is 2.14. The van der Waals surface area contributed by atoms with E-state index >= 15 is 0 Å². The number of aromatic amines is 1. The first-order valence-electron chi connectivity index (χ1n) is 4.40. The monoisotopic (exact) mass is 228 g/mol. The Morgan fingerprint density at radius 1 is 1.25 bits per heavy atom. The Hall–Kier alpha value is -1.92. The number of benzene rings is 1. The molecule has 1 heterocycles. The Balaban J connectivity index is 2.46. The van der Waals surface area contributed by atoms with Crippen LogP contribution in [0.5, 0.6) is 0 Å². The first-order valence-corrected chi connectivity index (χ1v) is 4.40. The molecule has 0 amide bonds. The topological polar surface area (TPSA) is 54.5 Å². The van der Waals surface area contributed by atoms with Gasteiger partial charge in [-0.3, -0.25) is 0 Å². The van der Waals surface area contributed by atoms with Gasteiger partial charge in [-0.15, -0.1) is 10.2 Å². The fraction of sp³-hybridized carbons (Fsp3) is 0.222. The van der Waals surface area contributed by atoms with Gasteiger partial charge in [0.25, 0.3) is 0 Å². The third kappa shape index (κ3) is 1.88. The Bertz CT molecular complexity index is 490. The van der Waals surface area contributed by atoms with Crippen LogP contribution in [-0.2, 0) is 6.18 Å². The number of nitrogens with one attached hydrogen (secondary N) is 1. The summed E-state index contributed by atoms with van der Waals surface area (Å²) in [5.74, 6) is 0.284. The van der Waals surface area contributed by atoms with E-state index in [1.54, 1.807) is 6.92 Å². The second kappa shape index (κ2) is 3.58. The van der Waals surface area contributed by atoms with Crippen molar-refractivity contribution in [2.45, 2.75) is 13.1 Å². The summed E-state index contributed by atoms with van der Waals surface area (Å²) >= 11 is 0. The lowest BCUT2D eigenvalue weighted by atomic mass is 10.0. The number of alkyl halides is 3. The van der Waals surface area contributed by atoms with E-state index in [9.17, 15) is 13.2 Å². The second-order valence-electron chi connectivity index (χ2n) is 3.26. The quantitative estimate of drug-likeness (QED) is 0.813. The van der Waals surface area contributed by atoms with Crippen molar-refractivity contribution in [1.29, 1.82) is 0 Å². The molecule has 0 saturated heterocycles. The fourth-order valence-corrected chi connectivity index (χ4v) is 1.37. The average Bonchev–Trinajstić information content (AvgIpc) is 2.69. The zero-order valence-electron chi connectivity index (χ0n) is 8.21. The molecule has 1 aromatic carbocycles. The van der Waals surface area contributed by atoms with Crippen molar-refractivity contribution in [3.8, 4) is 11.4 Å². The zero-order chi connectivity index (χ0) is 11.8. The lowest BCUT2D eigenvalue weighted by molar-refractivity contribution is -0.137. The van der Waals surface area contributed by atoms with Crippen LogP contribution >= 0.6 is 0 Å². The predicted molar refractivity (Wildman–Crippen MR) is 49.4 cm³/mol. The van der Waals surface area contributed by atoms with E-state index in [-0.39, 0.29) is 5.82 Å². The van der Waals surface area contributed by atoms with E-state index in [4.69, 9.17) is 0 Å². The highest BCUT2D eigenvalue weighted by atomic mass is 19.4. The number of tetrazole rings is 1. The molecule has 7 heteroatoms. The van der Waals surface area contributed by atoms with Gasteiger partial charge in [-0.25, -0.2) is 0 Å². The molecule has 1 N–H and O–H groups in total. The molecule has 2 rings (SSSR count). The molecule has 0 radical (unpaired) electrons. The molecule has 0 aliphatic carbocycles. The summed E-state index contributed by atoms with van der Waals surface area (Å²) in [5.41, 5.74) is 0.301. The van der Waals surface area contributed by atoms with Crippen molar-refractivity contribution in [3.63, 3.8) is 0 Å². The van der Waals surface area contributed by atoms with Crippen LogP contribution in [-0.4, -0.2) is 20.6 Å². The van der Waals surface area contributed by atoms with Crippen molar-refractivity contribution >= 4 is 0 Å². The minimum Gasteiger partial charge on any atom is -0.177 e. The Labute approximate surface area is 88.5 Å². The summed E-state index contributed by atoms with van der Waals surface area (Å²) in [6.45, 7) is 1.57. The SMILES string of the molecule is Cc1cc(C(F)(F)F)ccc1-c1nn[nH]n1. The smallest absolute Gasteiger partial charge is 0.177 e. The number of hydrogen-bond donors (Lipinski definition) is 1. The zero-order valence-corrected chi connectivity index (χ0v) is 8.21. The fourth-order valence-electron chi connectivity index (χ4n) is 1.37. The summed E-state index contributed by atoms with van der Waals surface area (Å²) in [6.07, 6.45) is -4.33. The number of halogens is 3. The highest BCUT2D eigenvalue weighted by Gasteiger charge is 2.30. The van der Waals surface area contributed by atoms with Gasteiger partial charge < -0.3 is 0 Å². The maximum atomic E-state index is 12.4. The standard InChI is InChI=1S/C9H7F3N4/c1-5-4-6(9(10,11)12)2-3-7(5)8-13-15-16-14-8/h2-4H,1H3,(H,13,14,15,16). The van der Waals surface area contributed by atoms with Gasteiger partial charge in [0.2, 0.25) is 5.82 Å². The molecule has 0 atom stereocenters. The van der Waals surface area contributed by atoms with Crippen molar-refractivity contribution in [1.82, 2.24) is 20.6 Å². The van der Waals surface area contributed by atoms with Crippen LogP contribution in [0.3, 0.4) is 0 Å². The Kier molecular flexibility index (Phi) is 2.37. The summed E-state index contributed by atoms with van der Waals surface area (Å²) in [5, 5.41) is 13.0. The Morgan fingerprint density at radius 2 is 2.00 bits per heavy atom. The second-order valence-corrected chi connectivity index (χ2v) is 3.26. The largest absolute Gasteiger partial charge is 0.416 e. The molecule has 2 aromatic rings. The molecule has 0 aliphatic heterocycles. The van der Waals surface area contributed by atoms with E-state index in [2.05, 4.69) is 20.6 Å². The average molecular weight is 228 g/mol. The van der Waals surface area contributed by atoms with Gasteiger partial charge >= 0.3 is 6.18 Å². The molecular formula is C9H7F3N4. The van der Waals surface area contributed by atoms with E-state index in [0.29, 0.717) is 11.1 Å². The third-order valence-corrected chi connectivity index (χ3v) is 2.14. The molecule has 16 heavy (non-hydrogen) atoms. The molecule has 0 spiro atoms. The van der Waals surface area contributed by atoms with Crippen LogP contribution in [0.1, 0.15) is 11.1 Å². The van der Waals surface area contributed by atoms with Crippen LogP contribution < -0.4 is 0 Å². The van der Waals surface area contributed by atoms with Crippen molar-refractivity contribution in [2.24, 2.45) is 0 Å². The Morgan fingerprint density at radius 3 is 2.50 bits per heavy atom. The van der Waals surface area contributed by atoms with Gasteiger partial charge in [0.1, 0.15) is 0 Å². The minimum absolute atomic E-state index is 0.284. The first-order chi connectivity index (χ1) is 7.48. The number of H-pyrrole nitrogens is 1.